The number of ether oxygens (including phenoxy) is 1. The Kier molecular flexibility index (Phi) is 5.02. The number of nitrogens with zero attached hydrogens (tertiary/aromatic N) is 1. The van der Waals surface area contributed by atoms with Crippen molar-refractivity contribution in [2.24, 2.45) is 4.99 Å². The molecule has 0 heterocycles. The number of hydrogen-bond donors (Lipinski definition) is 0. The molecular weight excluding hydrogens is 266 g/mol. The number of isocyanates is 1. The van der Waals surface area contributed by atoms with Gasteiger partial charge in [-0.3, -0.25) is 4.79 Å². The van der Waals surface area contributed by atoms with Gasteiger partial charge in [0.2, 0.25) is 6.08 Å². The van der Waals surface area contributed by atoms with Crippen molar-refractivity contribution in [2.75, 3.05) is 6.61 Å². The summed E-state index contributed by atoms with van der Waals surface area (Å²) in [5.41, 5.74) is 3.03. The van der Waals surface area contributed by atoms with Crippen molar-refractivity contribution < 1.29 is 14.3 Å². The molecule has 2 aromatic rings. The maximum atomic E-state index is 11.5. The summed E-state index contributed by atoms with van der Waals surface area (Å²) < 4.78 is 4.91. The largest absolute Gasteiger partial charge is 0.466 e. The zero-order valence-electron chi connectivity index (χ0n) is 11.7. The molecule has 2 rings (SSSR count). The number of benzene rings is 2. The zero-order chi connectivity index (χ0) is 15.1. The predicted molar refractivity (Wildman–Crippen MR) is 80.0 cm³/mol. The van der Waals surface area contributed by atoms with Crippen molar-refractivity contribution in [3.8, 4) is 11.1 Å². The van der Waals surface area contributed by atoms with Crippen LogP contribution in [-0.2, 0) is 20.7 Å². The molecule has 0 amide bonds. The quantitative estimate of drug-likeness (QED) is 0.479. The van der Waals surface area contributed by atoms with Gasteiger partial charge in [-0.15, -0.1) is 0 Å². The fourth-order valence-corrected chi connectivity index (χ4v) is 2.07. The molecule has 0 saturated carbocycles. The average Bonchev–Trinajstić information content (AvgIpc) is 2.49. The summed E-state index contributed by atoms with van der Waals surface area (Å²) in [5, 5.41) is 0. The molecule has 0 saturated heterocycles. The maximum absolute atomic E-state index is 11.5. The summed E-state index contributed by atoms with van der Waals surface area (Å²) in [6.45, 7) is 2.11. The van der Waals surface area contributed by atoms with Crippen molar-refractivity contribution in [3.63, 3.8) is 0 Å². The molecule has 0 spiro atoms. The fourth-order valence-electron chi connectivity index (χ4n) is 2.07. The van der Waals surface area contributed by atoms with Gasteiger partial charge < -0.3 is 4.74 Å². The predicted octanol–water partition coefficient (Wildman–Crippen LogP) is 3.43. The topological polar surface area (TPSA) is 55.7 Å². The first-order valence-corrected chi connectivity index (χ1v) is 6.66. The second-order valence-electron chi connectivity index (χ2n) is 4.40. The lowest BCUT2D eigenvalue weighted by Crippen LogP contribution is -2.07. The lowest BCUT2D eigenvalue weighted by atomic mass is 10.0. The average molecular weight is 281 g/mol. The minimum absolute atomic E-state index is 0.157. The van der Waals surface area contributed by atoms with E-state index in [0.717, 1.165) is 16.7 Å². The van der Waals surface area contributed by atoms with Gasteiger partial charge in [0.15, 0.2) is 0 Å². The zero-order valence-corrected chi connectivity index (χ0v) is 11.7. The van der Waals surface area contributed by atoms with Crippen molar-refractivity contribution in [1.82, 2.24) is 0 Å². The Morgan fingerprint density at radius 2 is 1.95 bits per heavy atom. The van der Waals surface area contributed by atoms with Crippen molar-refractivity contribution in [3.05, 3.63) is 54.1 Å². The monoisotopic (exact) mass is 281 g/mol. The van der Waals surface area contributed by atoms with Crippen LogP contribution in [0.25, 0.3) is 11.1 Å². The van der Waals surface area contributed by atoms with E-state index in [0.29, 0.717) is 12.3 Å². The molecule has 0 aliphatic heterocycles. The van der Waals surface area contributed by atoms with E-state index >= 15 is 0 Å². The van der Waals surface area contributed by atoms with E-state index in [1.54, 1.807) is 19.1 Å². The van der Waals surface area contributed by atoms with E-state index < -0.39 is 0 Å². The van der Waals surface area contributed by atoms with Crippen molar-refractivity contribution >= 4 is 17.7 Å². The normalized spacial score (nSPS) is 9.76. The van der Waals surface area contributed by atoms with Crippen LogP contribution in [0.15, 0.2) is 53.5 Å². The van der Waals surface area contributed by atoms with Gasteiger partial charge in [-0.05, 0) is 24.1 Å². The number of esters is 1. The summed E-state index contributed by atoms with van der Waals surface area (Å²) >= 11 is 0. The molecule has 0 aliphatic carbocycles. The van der Waals surface area contributed by atoms with Gasteiger partial charge in [-0.1, -0.05) is 42.5 Å². The molecule has 0 aliphatic rings. The van der Waals surface area contributed by atoms with Crippen LogP contribution < -0.4 is 0 Å². The summed E-state index contributed by atoms with van der Waals surface area (Å²) in [4.78, 5) is 25.9. The molecule has 4 nitrogen and oxygen atoms in total. The Bertz CT molecular complexity index is 674. The molecule has 4 heteroatoms. The van der Waals surface area contributed by atoms with Gasteiger partial charge in [-0.25, -0.2) is 4.79 Å². The number of carbonyl (C=O) groups is 1. The highest BCUT2D eigenvalue weighted by atomic mass is 16.5. The molecule has 0 radical (unpaired) electrons. The van der Waals surface area contributed by atoms with E-state index in [9.17, 15) is 9.59 Å². The number of rotatable bonds is 5. The van der Waals surface area contributed by atoms with E-state index in [1.807, 2.05) is 42.5 Å². The van der Waals surface area contributed by atoms with Gasteiger partial charge in [0, 0.05) is 5.56 Å². The molecule has 0 atom stereocenters. The molecule has 0 fully saturated rings. The summed E-state index contributed by atoms with van der Waals surface area (Å²) in [7, 11) is 0. The van der Waals surface area contributed by atoms with Crippen LogP contribution in [0.1, 0.15) is 12.5 Å². The van der Waals surface area contributed by atoms with Gasteiger partial charge in [0.05, 0.1) is 18.7 Å². The number of hydrogen-bond acceptors (Lipinski definition) is 4. The Labute approximate surface area is 123 Å². The minimum Gasteiger partial charge on any atom is -0.466 e. The Hall–Kier alpha value is -2.71. The molecule has 0 unspecified atom stereocenters. The third kappa shape index (κ3) is 3.88. The van der Waals surface area contributed by atoms with Gasteiger partial charge >= 0.3 is 5.97 Å². The first kappa shape index (κ1) is 14.7. The minimum atomic E-state index is -0.300. The van der Waals surface area contributed by atoms with E-state index in [-0.39, 0.29) is 12.4 Å². The van der Waals surface area contributed by atoms with Crippen LogP contribution in [0.4, 0.5) is 5.69 Å². The number of aliphatic imine (C=N–C) groups is 1. The molecule has 0 N–H and O–H groups in total. The molecule has 106 valence electrons. The second-order valence-corrected chi connectivity index (χ2v) is 4.40. The van der Waals surface area contributed by atoms with Crippen molar-refractivity contribution in [2.45, 2.75) is 13.3 Å². The molecular formula is C17H15NO3. The van der Waals surface area contributed by atoms with Gasteiger partial charge in [0.1, 0.15) is 0 Å². The van der Waals surface area contributed by atoms with Crippen LogP contribution in [0.2, 0.25) is 0 Å². The van der Waals surface area contributed by atoms with Crippen LogP contribution in [0.3, 0.4) is 0 Å². The first-order valence-electron chi connectivity index (χ1n) is 6.66. The van der Waals surface area contributed by atoms with E-state index in [1.165, 1.54) is 0 Å². The Morgan fingerprint density at radius 1 is 1.19 bits per heavy atom. The smallest absolute Gasteiger partial charge is 0.310 e. The lowest BCUT2D eigenvalue weighted by molar-refractivity contribution is -0.142. The number of carbonyl (C=O) groups excluding carboxylic acids is 2. The summed E-state index contributed by atoms with van der Waals surface area (Å²) in [6.07, 6.45) is 1.72. The first-order chi connectivity index (χ1) is 10.2. The molecule has 21 heavy (non-hydrogen) atoms. The van der Waals surface area contributed by atoms with Gasteiger partial charge in [0.25, 0.3) is 0 Å². The Balaban J connectivity index is 2.36. The van der Waals surface area contributed by atoms with E-state index in [2.05, 4.69) is 4.99 Å². The molecule has 2 aromatic carbocycles. The summed E-state index contributed by atoms with van der Waals surface area (Å²) in [5.74, 6) is -0.300. The van der Waals surface area contributed by atoms with Crippen LogP contribution >= 0.6 is 0 Å². The van der Waals surface area contributed by atoms with Crippen molar-refractivity contribution in [1.29, 1.82) is 0 Å². The highest BCUT2D eigenvalue weighted by molar-refractivity contribution is 5.79. The Morgan fingerprint density at radius 3 is 2.62 bits per heavy atom. The second kappa shape index (κ2) is 7.17. The molecule has 0 bridgehead atoms. The highest BCUT2D eigenvalue weighted by Crippen LogP contribution is 2.31. The van der Waals surface area contributed by atoms with Gasteiger partial charge in [-0.2, -0.15) is 4.99 Å². The molecule has 0 aromatic heterocycles. The highest BCUT2D eigenvalue weighted by Gasteiger charge is 2.09. The summed E-state index contributed by atoms with van der Waals surface area (Å²) in [6, 6.07) is 15.0. The standard InChI is InChI=1S/C17H15NO3/c1-2-21-17(20)11-13-8-9-15(16(10-13)18-12-19)14-6-4-3-5-7-14/h3-10H,2,11H2,1H3. The third-order valence-electron chi connectivity index (χ3n) is 2.97. The van der Waals surface area contributed by atoms with Crippen LogP contribution in [0.5, 0.6) is 0 Å². The van der Waals surface area contributed by atoms with E-state index in [4.69, 9.17) is 4.74 Å². The van der Waals surface area contributed by atoms with Crippen LogP contribution in [0, 0.1) is 0 Å². The fraction of sp³-hybridized carbons (Fsp3) is 0.176. The SMILES string of the molecule is CCOC(=O)Cc1ccc(-c2ccccc2)c(N=C=O)c1. The maximum Gasteiger partial charge on any atom is 0.310 e. The third-order valence-corrected chi connectivity index (χ3v) is 2.97. The lowest BCUT2D eigenvalue weighted by Gasteiger charge is -2.08. The van der Waals surface area contributed by atoms with Crippen LogP contribution in [-0.4, -0.2) is 18.7 Å².